The van der Waals surface area contributed by atoms with E-state index in [1.54, 1.807) is 5.56 Å². The van der Waals surface area contributed by atoms with Gasteiger partial charge in [0.15, 0.2) is 0 Å². The molecule has 0 aliphatic heterocycles. The molecule has 0 nitrogen and oxygen atoms in total. The molecule has 28 heavy (non-hydrogen) atoms. The fourth-order valence-electron chi connectivity index (χ4n) is 4.91. The Kier molecular flexibility index (Phi) is 7.03. The van der Waals surface area contributed by atoms with Gasteiger partial charge in [0.2, 0.25) is 0 Å². The number of hydrogen-bond acceptors (Lipinski definition) is 0. The maximum absolute atomic E-state index is 3.05. The Morgan fingerprint density at radius 2 is 1.36 bits per heavy atom. The van der Waals surface area contributed by atoms with Crippen molar-refractivity contribution in [2.75, 3.05) is 0 Å². The summed E-state index contributed by atoms with van der Waals surface area (Å²) >= 11 is 0. The van der Waals surface area contributed by atoms with Crippen LogP contribution in [0.5, 0.6) is 0 Å². The van der Waals surface area contributed by atoms with Gasteiger partial charge in [0.05, 0.1) is 0 Å². The Balaban J connectivity index is 2.30. The van der Waals surface area contributed by atoms with Gasteiger partial charge in [-0.2, -0.15) is 0 Å². The van der Waals surface area contributed by atoms with Crippen molar-refractivity contribution >= 4 is 14.5 Å². The van der Waals surface area contributed by atoms with Crippen LogP contribution < -0.4 is 5.30 Å². The topological polar surface area (TPSA) is 0 Å². The summed E-state index contributed by atoms with van der Waals surface area (Å²) in [5, 5.41) is 1.40. The molecule has 3 rings (SSSR count). The van der Waals surface area contributed by atoms with E-state index >= 15 is 0 Å². The molecule has 0 N–H and O–H groups in total. The van der Waals surface area contributed by atoms with Crippen molar-refractivity contribution in [1.29, 1.82) is 0 Å². The van der Waals surface area contributed by atoms with Gasteiger partial charge in [-0.05, 0) is 75.2 Å². The van der Waals surface area contributed by atoms with E-state index in [2.05, 4.69) is 81.1 Å². The Labute approximate surface area is 175 Å². The quantitative estimate of drug-likeness (QED) is 0.448. The highest BCUT2D eigenvalue weighted by Crippen LogP contribution is 2.44. The van der Waals surface area contributed by atoms with Crippen LogP contribution in [0.4, 0.5) is 0 Å². The molecule has 0 heterocycles. The Hall–Kier alpha value is -1.13. The van der Waals surface area contributed by atoms with Crippen LogP contribution in [0.1, 0.15) is 120 Å². The van der Waals surface area contributed by atoms with Crippen molar-refractivity contribution < 1.29 is 0 Å². The number of benzene rings is 2. The third kappa shape index (κ3) is 4.38. The molecule has 0 radical (unpaired) electrons. The SMILES string of the molecule is CC(C)c1cc(C(C)C)c(-c2cccc(P)c2C2CCCCC2)c(C(C)C)c1. The molecule has 2 aromatic carbocycles. The summed E-state index contributed by atoms with van der Waals surface area (Å²) in [5.74, 6) is 2.33. The molecule has 0 aromatic heterocycles. The minimum absolute atomic E-state index is 0.526. The first kappa shape index (κ1) is 21.6. The highest BCUT2D eigenvalue weighted by Gasteiger charge is 2.25. The van der Waals surface area contributed by atoms with Crippen molar-refractivity contribution in [3.8, 4) is 11.1 Å². The van der Waals surface area contributed by atoms with E-state index in [1.807, 2.05) is 0 Å². The van der Waals surface area contributed by atoms with E-state index in [9.17, 15) is 0 Å². The molecular weight excluding hydrogens is 355 g/mol. The second-order valence-electron chi connectivity index (χ2n) is 9.68. The zero-order valence-corrected chi connectivity index (χ0v) is 20.0. The zero-order valence-electron chi connectivity index (χ0n) is 18.8. The summed E-state index contributed by atoms with van der Waals surface area (Å²) in [6.07, 6.45) is 6.85. The first-order valence-corrected chi connectivity index (χ1v) is 12.0. The van der Waals surface area contributed by atoms with Crippen LogP contribution in [0.15, 0.2) is 30.3 Å². The molecule has 2 aromatic rings. The van der Waals surface area contributed by atoms with Crippen LogP contribution in [0.2, 0.25) is 0 Å². The first-order chi connectivity index (χ1) is 13.3. The largest absolute Gasteiger partial charge is 0.105 e. The van der Waals surface area contributed by atoms with Crippen molar-refractivity contribution in [2.45, 2.75) is 97.3 Å². The molecule has 0 bridgehead atoms. The average Bonchev–Trinajstić information content (AvgIpc) is 2.67. The standard InChI is InChI=1S/C27H39P/c1-17(2)21-15-23(18(3)4)27(24(16-21)19(5)6)22-13-10-14-25(28)26(22)20-11-8-7-9-12-20/h10,13-20H,7-9,11-12,28H2,1-6H3. The molecule has 1 aliphatic rings. The second-order valence-corrected chi connectivity index (χ2v) is 10.3. The molecule has 1 fully saturated rings. The van der Waals surface area contributed by atoms with Crippen LogP contribution in [-0.2, 0) is 0 Å². The van der Waals surface area contributed by atoms with E-state index in [0.29, 0.717) is 23.7 Å². The van der Waals surface area contributed by atoms with Gasteiger partial charge in [-0.15, -0.1) is 9.24 Å². The monoisotopic (exact) mass is 394 g/mol. The van der Waals surface area contributed by atoms with Gasteiger partial charge in [0.1, 0.15) is 0 Å². The van der Waals surface area contributed by atoms with E-state index in [1.165, 1.54) is 65.2 Å². The molecule has 0 amide bonds. The molecule has 152 valence electrons. The van der Waals surface area contributed by atoms with Gasteiger partial charge >= 0.3 is 0 Å². The fraction of sp³-hybridized carbons (Fsp3) is 0.556. The third-order valence-corrected chi connectivity index (χ3v) is 7.06. The van der Waals surface area contributed by atoms with Gasteiger partial charge in [-0.25, -0.2) is 0 Å². The Bertz CT molecular complexity index is 778. The summed E-state index contributed by atoms with van der Waals surface area (Å²) in [5.41, 5.74) is 9.18. The first-order valence-electron chi connectivity index (χ1n) is 11.4. The lowest BCUT2D eigenvalue weighted by molar-refractivity contribution is 0.445. The van der Waals surface area contributed by atoms with Crippen LogP contribution in [0.3, 0.4) is 0 Å². The highest BCUT2D eigenvalue weighted by molar-refractivity contribution is 7.27. The summed E-state index contributed by atoms with van der Waals surface area (Å²) in [6, 6.07) is 12.0. The predicted molar refractivity (Wildman–Crippen MR) is 129 cm³/mol. The summed E-state index contributed by atoms with van der Waals surface area (Å²) in [6.45, 7) is 14.1. The number of rotatable bonds is 5. The van der Waals surface area contributed by atoms with Crippen molar-refractivity contribution in [2.24, 2.45) is 0 Å². The normalized spacial score (nSPS) is 15.8. The lowest BCUT2D eigenvalue weighted by Gasteiger charge is -2.29. The van der Waals surface area contributed by atoms with Crippen molar-refractivity contribution in [1.82, 2.24) is 0 Å². The molecular formula is C27H39P. The number of hydrogen-bond donors (Lipinski definition) is 0. The minimum Gasteiger partial charge on any atom is -0.105 e. The highest BCUT2D eigenvalue weighted by atomic mass is 31.0. The fourth-order valence-corrected chi connectivity index (χ4v) is 5.42. The minimum atomic E-state index is 0.526. The molecule has 1 heteroatoms. The van der Waals surface area contributed by atoms with Gasteiger partial charge in [-0.3, -0.25) is 0 Å². The third-order valence-electron chi connectivity index (χ3n) is 6.55. The van der Waals surface area contributed by atoms with E-state index in [-0.39, 0.29) is 0 Å². The Morgan fingerprint density at radius 3 is 1.86 bits per heavy atom. The van der Waals surface area contributed by atoms with Crippen LogP contribution >= 0.6 is 9.24 Å². The second kappa shape index (κ2) is 9.13. The van der Waals surface area contributed by atoms with Gasteiger partial charge in [-0.1, -0.05) is 91.1 Å². The maximum atomic E-state index is 3.05. The van der Waals surface area contributed by atoms with E-state index < -0.39 is 0 Å². The molecule has 0 saturated heterocycles. The Morgan fingerprint density at radius 1 is 0.786 bits per heavy atom. The van der Waals surface area contributed by atoms with Crippen molar-refractivity contribution in [3.63, 3.8) is 0 Å². The van der Waals surface area contributed by atoms with Gasteiger partial charge in [0.25, 0.3) is 0 Å². The van der Waals surface area contributed by atoms with Crippen LogP contribution in [0, 0.1) is 0 Å². The van der Waals surface area contributed by atoms with E-state index in [0.717, 1.165) is 0 Å². The molecule has 1 aliphatic carbocycles. The predicted octanol–water partition coefficient (Wildman–Crippen LogP) is 8.27. The molecule has 0 spiro atoms. The summed E-state index contributed by atoms with van der Waals surface area (Å²) < 4.78 is 0. The molecule has 1 unspecified atom stereocenters. The molecule has 1 atom stereocenters. The van der Waals surface area contributed by atoms with Gasteiger partial charge < -0.3 is 0 Å². The lowest BCUT2D eigenvalue weighted by Crippen LogP contribution is -2.15. The molecule has 1 saturated carbocycles. The van der Waals surface area contributed by atoms with E-state index in [4.69, 9.17) is 0 Å². The zero-order chi connectivity index (χ0) is 20.4. The lowest BCUT2D eigenvalue weighted by atomic mass is 9.76. The van der Waals surface area contributed by atoms with Crippen molar-refractivity contribution in [3.05, 3.63) is 52.6 Å². The average molecular weight is 395 g/mol. The van der Waals surface area contributed by atoms with Gasteiger partial charge in [0, 0.05) is 0 Å². The maximum Gasteiger partial charge on any atom is -0.0111 e. The summed E-state index contributed by atoms with van der Waals surface area (Å²) in [4.78, 5) is 0. The van der Waals surface area contributed by atoms with Crippen LogP contribution in [-0.4, -0.2) is 0 Å². The smallest absolute Gasteiger partial charge is 0.0111 e. The summed E-state index contributed by atoms with van der Waals surface area (Å²) in [7, 11) is 3.05. The van der Waals surface area contributed by atoms with Crippen LogP contribution in [0.25, 0.3) is 11.1 Å².